The quantitative estimate of drug-likeness (QED) is 0.874. The van der Waals surface area contributed by atoms with Crippen molar-refractivity contribution in [2.75, 3.05) is 18.4 Å². The lowest BCUT2D eigenvalue weighted by Gasteiger charge is -2.21. The first-order chi connectivity index (χ1) is 9.70. The first-order valence-corrected chi connectivity index (χ1v) is 7.76. The van der Waals surface area contributed by atoms with Gasteiger partial charge in [-0.25, -0.2) is 4.98 Å². The third kappa shape index (κ3) is 4.10. The number of carbonyl (C=O) groups is 1. The molecule has 0 bridgehead atoms. The van der Waals surface area contributed by atoms with Crippen molar-refractivity contribution in [2.45, 2.75) is 39.0 Å². The van der Waals surface area contributed by atoms with E-state index < -0.39 is 0 Å². The van der Waals surface area contributed by atoms with E-state index in [4.69, 9.17) is 11.6 Å². The minimum Gasteiger partial charge on any atom is -0.369 e. The molecule has 2 N–H and O–H groups in total. The summed E-state index contributed by atoms with van der Waals surface area (Å²) in [4.78, 5) is 16.3. The molecule has 1 aliphatic carbocycles. The molecule has 0 aromatic carbocycles. The lowest BCUT2D eigenvalue weighted by molar-refractivity contribution is 0.0943. The van der Waals surface area contributed by atoms with Crippen LogP contribution in [0.1, 0.15) is 49.4 Å². The summed E-state index contributed by atoms with van der Waals surface area (Å²) in [6, 6.07) is 1.67. The molecule has 4 nitrogen and oxygen atoms in total. The minimum atomic E-state index is -0.0898. The highest BCUT2D eigenvalue weighted by Gasteiger charge is 2.15. The summed E-state index contributed by atoms with van der Waals surface area (Å²) in [7, 11) is 0. The molecule has 1 aromatic heterocycles. The zero-order chi connectivity index (χ0) is 14.4. The number of anilines is 1. The lowest BCUT2D eigenvalue weighted by Crippen LogP contribution is -2.30. The molecule has 0 radical (unpaired) electrons. The molecule has 110 valence electrons. The normalized spacial score (nSPS) is 15.9. The van der Waals surface area contributed by atoms with E-state index in [0.717, 1.165) is 13.1 Å². The Bertz CT molecular complexity index is 458. The highest BCUT2D eigenvalue weighted by molar-refractivity contribution is 6.33. The van der Waals surface area contributed by atoms with Gasteiger partial charge in [0.25, 0.3) is 5.91 Å². The first-order valence-electron chi connectivity index (χ1n) is 7.38. The second-order valence-electron chi connectivity index (χ2n) is 5.30. The van der Waals surface area contributed by atoms with Crippen molar-refractivity contribution < 1.29 is 4.79 Å². The Morgan fingerprint density at radius 1 is 1.40 bits per heavy atom. The van der Waals surface area contributed by atoms with Crippen LogP contribution in [0.25, 0.3) is 0 Å². The second-order valence-corrected chi connectivity index (χ2v) is 5.71. The maximum absolute atomic E-state index is 12.1. The smallest absolute Gasteiger partial charge is 0.252 e. The predicted octanol–water partition coefficient (Wildman–Crippen LogP) is 3.48. The molecule has 1 aliphatic rings. The third-order valence-corrected chi connectivity index (χ3v) is 4.01. The topological polar surface area (TPSA) is 54.0 Å². The third-order valence-electron chi connectivity index (χ3n) is 3.72. The van der Waals surface area contributed by atoms with E-state index in [1.165, 1.54) is 32.1 Å². The number of pyridine rings is 1. The van der Waals surface area contributed by atoms with Crippen LogP contribution in [-0.2, 0) is 0 Å². The number of hydrogen-bond acceptors (Lipinski definition) is 3. The molecule has 1 aromatic rings. The van der Waals surface area contributed by atoms with Crippen molar-refractivity contribution in [3.05, 3.63) is 22.8 Å². The molecule has 0 saturated heterocycles. The van der Waals surface area contributed by atoms with Crippen molar-refractivity contribution in [1.29, 1.82) is 0 Å². The number of hydrogen-bond donors (Lipinski definition) is 2. The van der Waals surface area contributed by atoms with Crippen LogP contribution in [0.3, 0.4) is 0 Å². The molecule has 1 amide bonds. The van der Waals surface area contributed by atoms with E-state index >= 15 is 0 Å². The molecule has 0 atom stereocenters. The highest BCUT2D eigenvalue weighted by Crippen LogP contribution is 2.23. The van der Waals surface area contributed by atoms with Crippen LogP contribution in [0.4, 0.5) is 5.82 Å². The molecular weight excluding hydrogens is 274 g/mol. The molecule has 0 aliphatic heterocycles. The number of amides is 1. The zero-order valence-corrected chi connectivity index (χ0v) is 12.7. The van der Waals surface area contributed by atoms with Crippen LogP contribution in [-0.4, -0.2) is 24.0 Å². The maximum Gasteiger partial charge on any atom is 0.252 e. The van der Waals surface area contributed by atoms with Crippen molar-refractivity contribution in [3.8, 4) is 0 Å². The summed E-state index contributed by atoms with van der Waals surface area (Å²) in [5.41, 5.74) is 0.521. The van der Waals surface area contributed by atoms with Gasteiger partial charge in [-0.05, 0) is 31.7 Å². The Morgan fingerprint density at radius 2 is 2.15 bits per heavy atom. The fraction of sp³-hybridized carbons (Fsp3) is 0.600. The first kappa shape index (κ1) is 15.1. The number of rotatable bonds is 5. The van der Waals surface area contributed by atoms with Gasteiger partial charge in [0.05, 0.1) is 10.6 Å². The maximum atomic E-state index is 12.1. The van der Waals surface area contributed by atoms with Crippen LogP contribution < -0.4 is 10.6 Å². The molecule has 0 spiro atoms. The molecule has 1 heterocycles. The van der Waals surface area contributed by atoms with Gasteiger partial charge in [-0.2, -0.15) is 0 Å². The van der Waals surface area contributed by atoms with E-state index in [2.05, 4.69) is 15.6 Å². The van der Waals surface area contributed by atoms with Gasteiger partial charge < -0.3 is 10.6 Å². The zero-order valence-electron chi connectivity index (χ0n) is 11.9. The molecule has 20 heavy (non-hydrogen) atoms. The predicted molar refractivity (Wildman–Crippen MR) is 82.3 cm³/mol. The summed E-state index contributed by atoms with van der Waals surface area (Å²) < 4.78 is 0. The molecular formula is C15H22ClN3O. The summed E-state index contributed by atoms with van der Waals surface area (Å²) in [6.45, 7) is 3.48. The summed E-state index contributed by atoms with van der Waals surface area (Å²) >= 11 is 6.10. The number of carbonyl (C=O) groups excluding carboxylic acids is 1. The Morgan fingerprint density at radius 3 is 2.80 bits per heavy atom. The van der Waals surface area contributed by atoms with E-state index in [0.29, 0.717) is 22.3 Å². The molecule has 2 rings (SSSR count). The average Bonchev–Trinajstić information content (AvgIpc) is 2.48. The van der Waals surface area contributed by atoms with Gasteiger partial charge >= 0.3 is 0 Å². The van der Waals surface area contributed by atoms with Crippen molar-refractivity contribution in [3.63, 3.8) is 0 Å². The second kappa shape index (κ2) is 7.48. The van der Waals surface area contributed by atoms with Gasteiger partial charge in [0, 0.05) is 19.3 Å². The van der Waals surface area contributed by atoms with Gasteiger partial charge in [-0.3, -0.25) is 4.79 Å². The molecule has 5 heteroatoms. The van der Waals surface area contributed by atoms with Gasteiger partial charge in [0.1, 0.15) is 5.82 Å². The largest absolute Gasteiger partial charge is 0.369 e. The monoisotopic (exact) mass is 295 g/mol. The van der Waals surface area contributed by atoms with E-state index in [1.807, 2.05) is 6.92 Å². The summed E-state index contributed by atoms with van der Waals surface area (Å²) in [5, 5.41) is 6.52. The van der Waals surface area contributed by atoms with Gasteiger partial charge in [-0.15, -0.1) is 0 Å². The van der Waals surface area contributed by atoms with E-state index in [9.17, 15) is 4.79 Å². The number of nitrogens with zero attached hydrogens (tertiary/aromatic N) is 1. The Kier molecular flexibility index (Phi) is 5.65. The van der Waals surface area contributed by atoms with Crippen LogP contribution >= 0.6 is 11.6 Å². The van der Waals surface area contributed by atoms with Gasteiger partial charge in [0.15, 0.2) is 0 Å². The number of nitrogens with one attached hydrogen (secondary N) is 2. The molecule has 1 saturated carbocycles. The number of aromatic nitrogens is 1. The summed E-state index contributed by atoms with van der Waals surface area (Å²) in [6.07, 6.45) is 7.91. The highest BCUT2D eigenvalue weighted by atomic mass is 35.5. The van der Waals surface area contributed by atoms with Crippen LogP contribution in [0.5, 0.6) is 0 Å². The van der Waals surface area contributed by atoms with Crippen molar-refractivity contribution >= 4 is 23.3 Å². The van der Waals surface area contributed by atoms with Crippen molar-refractivity contribution in [1.82, 2.24) is 10.3 Å². The fourth-order valence-electron chi connectivity index (χ4n) is 2.59. The Balaban J connectivity index is 1.89. The van der Waals surface area contributed by atoms with Crippen LogP contribution in [0, 0.1) is 5.92 Å². The van der Waals surface area contributed by atoms with Crippen LogP contribution in [0.15, 0.2) is 12.3 Å². The molecule has 1 fully saturated rings. The molecule has 0 unspecified atom stereocenters. The van der Waals surface area contributed by atoms with Gasteiger partial charge in [0.2, 0.25) is 0 Å². The average molecular weight is 296 g/mol. The lowest BCUT2D eigenvalue weighted by atomic mass is 9.89. The van der Waals surface area contributed by atoms with Gasteiger partial charge in [-0.1, -0.05) is 30.9 Å². The fourth-order valence-corrected chi connectivity index (χ4v) is 2.82. The number of halogens is 1. The summed E-state index contributed by atoms with van der Waals surface area (Å²) in [5.74, 6) is 1.16. The van der Waals surface area contributed by atoms with Crippen molar-refractivity contribution in [2.24, 2.45) is 5.92 Å². The standard InChI is InChI=1S/C15H22ClN3O/c1-2-17-14-13(16)8-12(10-18-14)15(20)19-9-11-6-4-3-5-7-11/h8,10-11H,2-7,9H2,1H3,(H,17,18)(H,19,20). The minimum absolute atomic E-state index is 0.0898. The SMILES string of the molecule is CCNc1ncc(C(=O)NCC2CCCCC2)cc1Cl. The Labute approximate surface area is 125 Å². The Hall–Kier alpha value is -1.29. The van der Waals surface area contributed by atoms with E-state index in [-0.39, 0.29) is 5.91 Å². The van der Waals surface area contributed by atoms with Crippen LogP contribution in [0.2, 0.25) is 5.02 Å². The van der Waals surface area contributed by atoms with E-state index in [1.54, 1.807) is 12.3 Å².